The molecule has 8 nitrogen and oxygen atoms in total. The summed E-state index contributed by atoms with van der Waals surface area (Å²) in [5.74, 6) is 0.526. The molecule has 0 aliphatic carbocycles. The maximum Gasteiger partial charge on any atom is 0.299 e. The van der Waals surface area contributed by atoms with Crippen LogP contribution in [-0.2, 0) is 10.0 Å². The van der Waals surface area contributed by atoms with E-state index in [1.807, 2.05) is 0 Å². The zero-order valence-electron chi connectivity index (χ0n) is 14.1. The first kappa shape index (κ1) is 17.9. The minimum atomic E-state index is -4.11. The average molecular weight is 423 g/mol. The molecule has 0 amide bonds. The van der Waals surface area contributed by atoms with Gasteiger partial charge in [-0.25, -0.2) is 4.98 Å². The number of pyridine rings is 1. The van der Waals surface area contributed by atoms with Gasteiger partial charge in [-0.05, 0) is 26.0 Å². The molecule has 0 aliphatic rings. The molecule has 0 fully saturated rings. The molecular weight excluding hydrogens is 411 g/mol. The van der Waals surface area contributed by atoms with Gasteiger partial charge in [0.25, 0.3) is 15.2 Å². The zero-order valence-corrected chi connectivity index (χ0v) is 16.4. The molecule has 0 aliphatic heterocycles. The van der Waals surface area contributed by atoms with E-state index in [0.29, 0.717) is 33.1 Å². The Morgan fingerprint density at radius 1 is 1.11 bits per heavy atom. The van der Waals surface area contributed by atoms with E-state index in [1.54, 1.807) is 38.1 Å². The Hall–Kier alpha value is -2.49. The first-order valence-corrected chi connectivity index (χ1v) is 9.96. The third kappa shape index (κ3) is 3.18. The Kier molecular flexibility index (Phi) is 4.17. The van der Waals surface area contributed by atoms with Crippen molar-refractivity contribution in [3.63, 3.8) is 0 Å². The Bertz CT molecular complexity index is 1320. The predicted octanol–water partition coefficient (Wildman–Crippen LogP) is 3.40. The van der Waals surface area contributed by atoms with Crippen LogP contribution in [0.4, 0.5) is 5.69 Å². The number of fused-ring (bicyclic) bond motifs is 2. The first-order valence-electron chi connectivity index (χ1n) is 7.72. The maximum atomic E-state index is 12.8. The molecule has 27 heavy (non-hydrogen) atoms. The van der Waals surface area contributed by atoms with Crippen LogP contribution in [0.25, 0.3) is 16.6 Å². The van der Waals surface area contributed by atoms with E-state index >= 15 is 0 Å². The summed E-state index contributed by atoms with van der Waals surface area (Å²) < 4.78 is 29.5. The van der Waals surface area contributed by atoms with E-state index in [0.717, 1.165) is 0 Å². The molecule has 11 heteroatoms. The molecule has 0 bridgehead atoms. The minimum Gasteiger partial charge on any atom is -0.273 e. The monoisotopic (exact) mass is 422 g/mol. The number of aryl methyl sites for hydroxylation is 2. The molecule has 4 rings (SSSR count). The molecule has 138 valence electrons. The van der Waals surface area contributed by atoms with Crippen molar-refractivity contribution in [3.8, 4) is 0 Å². The molecule has 3 heterocycles. The highest BCUT2D eigenvalue weighted by Crippen LogP contribution is 2.32. The Labute approximate surface area is 164 Å². The average Bonchev–Trinajstić information content (AvgIpc) is 3.02. The molecule has 1 N–H and O–H groups in total. The van der Waals surface area contributed by atoms with Crippen molar-refractivity contribution in [1.29, 1.82) is 0 Å². The molecule has 0 saturated heterocycles. The van der Waals surface area contributed by atoms with Crippen molar-refractivity contribution < 1.29 is 8.42 Å². The van der Waals surface area contributed by atoms with Gasteiger partial charge >= 0.3 is 0 Å². The standard InChI is InChI=1S/C16H12Cl2N6O2S/c1-8-5-13-21-16(22-24(13)9(2)20-8)27(25,26)23-15-12(18)4-3-10-6-11(17)7-19-14(10)15/h3-7,23H,1-2H3. The topological polar surface area (TPSA) is 102 Å². The van der Waals surface area contributed by atoms with Crippen molar-refractivity contribution >= 4 is 55.5 Å². The van der Waals surface area contributed by atoms with Crippen molar-refractivity contribution in [2.75, 3.05) is 4.72 Å². The van der Waals surface area contributed by atoms with Crippen LogP contribution in [0.15, 0.2) is 35.6 Å². The fourth-order valence-corrected chi connectivity index (χ4v) is 4.09. The van der Waals surface area contributed by atoms with Crippen LogP contribution in [0.3, 0.4) is 0 Å². The number of nitrogens with one attached hydrogen (secondary N) is 1. The Balaban J connectivity index is 1.84. The molecule has 1 aromatic carbocycles. The van der Waals surface area contributed by atoms with Gasteiger partial charge in [-0.2, -0.15) is 17.9 Å². The second-order valence-corrected chi connectivity index (χ2v) is 8.28. The molecule has 4 aromatic rings. The van der Waals surface area contributed by atoms with Crippen molar-refractivity contribution in [2.24, 2.45) is 0 Å². The lowest BCUT2D eigenvalue weighted by Crippen LogP contribution is -2.15. The Morgan fingerprint density at radius 3 is 2.67 bits per heavy atom. The van der Waals surface area contributed by atoms with Gasteiger partial charge in [-0.1, -0.05) is 29.3 Å². The summed E-state index contributed by atoms with van der Waals surface area (Å²) in [5, 5.41) is 4.93. The number of nitrogens with zero attached hydrogens (tertiary/aromatic N) is 5. The quantitative estimate of drug-likeness (QED) is 0.542. The molecular formula is C16H12Cl2N6O2S. The van der Waals surface area contributed by atoms with Crippen molar-refractivity contribution in [2.45, 2.75) is 19.0 Å². The zero-order chi connectivity index (χ0) is 19.3. The predicted molar refractivity (Wildman–Crippen MR) is 103 cm³/mol. The van der Waals surface area contributed by atoms with E-state index < -0.39 is 10.0 Å². The number of aromatic nitrogens is 5. The lowest BCUT2D eigenvalue weighted by atomic mass is 10.2. The Morgan fingerprint density at radius 2 is 1.89 bits per heavy atom. The lowest BCUT2D eigenvalue weighted by Gasteiger charge is -2.10. The normalized spacial score (nSPS) is 12.0. The number of hydrogen-bond donors (Lipinski definition) is 1. The molecule has 0 radical (unpaired) electrons. The molecule has 3 aromatic heterocycles. The number of sulfonamides is 1. The summed E-state index contributed by atoms with van der Waals surface area (Å²) in [7, 11) is -4.11. The maximum absolute atomic E-state index is 12.8. The van der Waals surface area contributed by atoms with Gasteiger partial charge in [-0.15, -0.1) is 5.10 Å². The van der Waals surface area contributed by atoms with Crippen LogP contribution in [-0.4, -0.2) is 33.0 Å². The summed E-state index contributed by atoms with van der Waals surface area (Å²) in [6, 6.07) is 6.58. The number of anilines is 1. The third-order valence-electron chi connectivity index (χ3n) is 3.84. The summed E-state index contributed by atoms with van der Waals surface area (Å²) in [4.78, 5) is 12.5. The van der Waals surface area contributed by atoms with E-state index in [4.69, 9.17) is 23.2 Å². The third-order valence-corrected chi connectivity index (χ3v) is 5.49. The molecule has 0 spiro atoms. The van der Waals surface area contributed by atoms with E-state index in [2.05, 4.69) is 24.8 Å². The molecule has 0 saturated carbocycles. The summed E-state index contributed by atoms with van der Waals surface area (Å²) >= 11 is 12.2. The van der Waals surface area contributed by atoms with Gasteiger partial charge in [-0.3, -0.25) is 9.71 Å². The molecule has 0 atom stereocenters. The summed E-state index contributed by atoms with van der Waals surface area (Å²) in [6.07, 6.45) is 1.42. The van der Waals surface area contributed by atoms with Crippen LogP contribution >= 0.6 is 23.2 Å². The van der Waals surface area contributed by atoms with Crippen LogP contribution in [0.5, 0.6) is 0 Å². The second kappa shape index (κ2) is 6.29. The fraction of sp³-hybridized carbons (Fsp3) is 0.125. The highest BCUT2D eigenvalue weighted by molar-refractivity contribution is 7.92. The fourth-order valence-electron chi connectivity index (χ4n) is 2.70. The summed E-state index contributed by atoms with van der Waals surface area (Å²) in [5.41, 5.74) is 1.60. The van der Waals surface area contributed by atoms with Crippen LogP contribution in [0, 0.1) is 13.8 Å². The van der Waals surface area contributed by atoms with Gasteiger partial charge < -0.3 is 0 Å². The van der Waals surface area contributed by atoms with E-state index in [1.165, 1.54) is 10.7 Å². The highest BCUT2D eigenvalue weighted by atomic mass is 35.5. The van der Waals surface area contributed by atoms with Gasteiger partial charge in [0, 0.05) is 23.3 Å². The first-order chi connectivity index (χ1) is 12.7. The van der Waals surface area contributed by atoms with E-state index in [9.17, 15) is 8.42 Å². The van der Waals surface area contributed by atoms with Crippen LogP contribution < -0.4 is 4.72 Å². The van der Waals surface area contributed by atoms with Crippen LogP contribution in [0.2, 0.25) is 10.0 Å². The van der Waals surface area contributed by atoms with E-state index in [-0.39, 0.29) is 15.9 Å². The number of halogens is 2. The number of rotatable bonds is 3. The van der Waals surface area contributed by atoms with Gasteiger partial charge in [0.05, 0.1) is 21.2 Å². The largest absolute Gasteiger partial charge is 0.299 e. The second-order valence-electron chi connectivity index (χ2n) is 5.86. The molecule has 0 unspecified atom stereocenters. The highest BCUT2D eigenvalue weighted by Gasteiger charge is 2.24. The van der Waals surface area contributed by atoms with Crippen LogP contribution in [0.1, 0.15) is 11.5 Å². The van der Waals surface area contributed by atoms with Gasteiger partial charge in [0.15, 0.2) is 5.65 Å². The van der Waals surface area contributed by atoms with Gasteiger partial charge in [0.2, 0.25) is 0 Å². The number of benzene rings is 1. The van der Waals surface area contributed by atoms with Gasteiger partial charge in [0.1, 0.15) is 5.82 Å². The SMILES string of the molecule is Cc1cc2nc(S(=O)(=O)Nc3c(Cl)ccc4cc(Cl)cnc34)nn2c(C)n1. The number of hydrogen-bond acceptors (Lipinski definition) is 6. The van der Waals surface area contributed by atoms with Crippen molar-refractivity contribution in [1.82, 2.24) is 24.6 Å². The lowest BCUT2D eigenvalue weighted by molar-refractivity contribution is 0.592. The summed E-state index contributed by atoms with van der Waals surface area (Å²) in [6.45, 7) is 3.51. The van der Waals surface area contributed by atoms with Crippen molar-refractivity contribution in [3.05, 3.63) is 52.0 Å². The minimum absolute atomic E-state index is 0.135. The smallest absolute Gasteiger partial charge is 0.273 e.